The van der Waals surface area contributed by atoms with Gasteiger partial charge < -0.3 is 14.4 Å². The van der Waals surface area contributed by atoms with E-state index in [1.165, 1.54) is 18.1 Å². The highest BCUT2D eigenvalue weighted by molar-refractivity contribution is 5.91. The van der Waals surface area contributed by atoms with Crippen LogP contribution in [0.15, 0.2) is 30.4 Å². The number of rotatable bonds is 5. The molecule has 2 amide bonds. The van der Waals surface area contributed by atoms with Crippen LogP contribution in [-0.4, -0.2) is 42.9 Å². The van der Waals surface area contributed by atoms with Crippen LogP contribution in [0.5, 0.6) is 0 Å². The summed E-state index contributed by atoms with van der Waals surface area (Å²) in [5.74, 6) is 1.31. The number of anilines is 1. The van der Waals surface area contributed by atoms with Gasteiger partial charge in [-0.05, 0) is 93.4 Å². The second kappa shape index (κ2) is 9.30. The molecule has 196 valence electrons. The van der Waals surface area contributed by atoms with Crippen molar-refractivity contribution in [3.63, 3.8) is 0 Å². The first-order valence-electron chi connectivity index (χ1n) is 12.8. The molecule has 1 aliphatic heterocycles. The van der Waals surface area contributed by atoms with Crippen LogP contribution in [0.3, 0.4) is 0 Å². The van der Waals surface area contributed by atoms with E-state index in [-0.39, 0.29) is 24.0 Å². The second-order valence-corrected chi connectivity index (χ2v) is 10.9. The van der Waals surface area contributed by atoms with E-state index >= 15 is 0 Å². The Hall–Kier alpha value is -2.71. The minimum Gasteiger partial charge on any atom is -0.453 e. The molecule has 1 aromatic rings. The molecular formula is C27H33F3N2O4. The predicted octanol–water partition coefficient (Wildman–Crippen LogP) is 6.56. The number of halogens is 3. The Morgan fingerprint density at radius 1 is 1.14 bits per heavy atom. The molecule has 0 spiro atoms. The number of methoxy groups -OCH3 is 1. The van der Waals surface area contributed by atoms with E-state index in [1.54, 1.807) is 18.7 Å². The maximum atomic E-state index is 13.8. The summed E-state index contributed by atoms with van der Waals surface area (Å²) in [4.78, 5) is 29.4. The summed E-state index contributed by atoms with van der Waals surface area (Å²) in [6, 6.07) is 2.56. The van der Waals surface area contributed by atoms with Crippen LogP contribution in [0.1, 0.15) is 63.1 Å². The van der Waals surface area contributed by atoms with E-state index in [0.717, 1.165) is 37.8 Å². The van der Waals surface area contributed by atoms with Gasteiger partial charge in [0.1, 0.15) is 0 Å². The Kier molecular flexibility index (Phi) is 6.45. The first-order chi connectivity index (χ1) is 17.1. The molecule has 0 saturated heterocycles. The number of hydrogen-bond acceptors (Lipinski definition) is 4. The van der Waals surface area contributed by atoms with E-state index < -0.39 is 30.0 Å². The number of alkyl halides is 3. The first-order valence-corrected chi connectivity index (χ1v) is 12.8. The van der Waals surface area contributed by atoms with Gasteiger partial charge in [0.25, 0.3) is 0 Å². The van der Waals surface area contributed by atoms with Crippen molar-refractivity contribution >= 4 is 17.9 Å². The summed E-state index contributed by atoms with van der Waals surface area (Å²) in [6.07, 6.45) is 2.58. The largest absolute Gasteiger partial charge is 0.453 e. The third kappa shape index (κ3) is 4.68. The number of amides is 2. The predicted molar refractivity (Wildman–Crippen MR) is 127 cm³/mol. The molecule has 1 aromatic carbocycles. The highest BCUT2D eigenvalue weighted by Gasteiger charge is 2.49. The van der Waals surface area contributed by atoms with Gasteiger partial charge in [-0.1, -0.05) is 12.2 Å². The maximum Gasteiger partial charge on any atom is 0.416 e. The average molecular weight is 507 g/mol. The summed E-state index contributed by atoms with van der Waals surface area (Å²) in [6.45, 7) is 3.90. The highest BCUT2D eigenvalue weighted by atomic mass is 19.4. The van der Waals surface area contributed by atoms with Crippen LogP contribution in [-0.2, 0) is 15.7 Å². The van der Waals surface area contributed by atoms with Crippen molar-refractivity contribution in [2.45, 2.75) is 70.3 Å². The molecule has 36 heavy (non-hydrogen) atoms. The Morgan fingerprint density at radius 3 is 2.44 bits per heavy atom. The first kappa shape index (κ1) is 25.0. The lowest BCUT2D eigenvalue weighted by atomic mass is 9.85. The molecule has 0 radical (unpaired) electrons. The molecule has 5 rings (SSSR count). The van der Waals surface area contributed by atoms with Crippen LogP contribution >= 0.6 is 0 Å². The molecule has 2 saturated carbocycles. The number of ether oxygens (including phenoxy) is 2. The molecule has 3 aliphatic carbocycles. The number of nitrogens with zero attached hydrogens (tertiary/aromatic N) is 2. The smallest absolute Gasteiger partial charge is 0.416 e. The maximum absolute atomic E-state index is 13.8. The molecule has 0 aromatic heterocycles. The Labute approximate surface area is 209 Å². The number of benzene rings is 1. The van der Waals surface area contributed by atoms with Crippen molar-refractivity contribution in [1.82, 2.24) is 4.90 Å². The summed E-state index contributed by atoms with van der Waals surface area (Å²) in [5, 5.41) is 0. The minimum atomic E-state index is -4.55. The van der Waals surface area contributed by atoms with Gasteiger partial charge in [-0.3, -0.25) is 4.90 Å². The van der Waals surface area contributed by atoms with Gasteiger partial charge in [-0.25, -0.2) is 9.59 Å². The minimum absolute atomic E-state index is 0.215. The van der Waals surface area contributed by atoms with Crippen LogP contribution in [0.25, 0.3) is 0 Å². The molecule has 2 fully saturated rings. The van der Waals surface area contributed by atoms with Crippen molar-refractivity contribution in [3.8, 4) is 0 Å². The van der Waals surface area contributed by atoms with Crippen LogP contribution in [0.2, 0.25) is 0 Å². The van der Waals surface area contributed by atoms with Gasteiger partial charge in [0, 0.05) is 12.6 Å². The topological polar surface area (TPSA) is 59.1 Å². The van der Waals surface area contributed by atoms with E-state index in [0.29, 0.717) is 36.1 Å². The zero-order valence-corrected chi connectivity index (χ0v) is 20.8. The lowest BCUT2D eigenvalue weighted by Crippen LogP contribution is -2.51. The lowest BCUT2D eigenvalue weighted by Gasteiger charge is -2.45. The van der Waals surface area contributed by atoms with Crippen molar-refractivity contribution < 1.29 is 32.2 Å². The Balaban J connectivity index is 1.57. The van der Waals surface area contributed by atoms with Gasteiger partial charge in [-0.15, -0.1) is 0 Å². The van der Waals surface area contributed by atoms with Crippen LogP contribution in [0.4, 0.5) is 28.4 Å². The quantitative estimate of drug-likeness (QED) is 0.425. The molecule has 9 heteroatoms. The van der Waals surface area contributed by atoms with E-state index in [4.69, 9.17) is 9.47 Å². The molecule has 2 bridgehead atoms. The molecule has 6 nitrogen and oxygen atoms in total. The number of carbonyl (C=O) groups is 2. The molecule has 1 heterocycles. The molecule has 5 atom stereocenters. The molecule has 3 unspecified atom stereocenters. The Morgan fingerprint density at radius 2 is 1.89 bits per heavy atom. The summed E-state index contributed by atoms with van der Waals surface area (Å²) >= 11 is 0. The van der Waals surface area contributed by atoms with Gasteiger partial charge in [0.2, 0.25) is 0 Å². The van der Waals surface area contributed by atoms with Crippen molar-refractivity contribution in [2.75, 3.05) is 18.6 Å². The van der Waals surface area contributed by atoms with Gasteiger partial charge >= 0.3 is 18.4 Å². The highest BCUT2D eigenvalue weighted by Crippen LogP contribution is 2.51. The van der Waals surface area contributed by atoms with E-state index in [2.05, 4.69) is 12.2 Å². The number of allylic oxidation sites excluding steroid dienone is 2. The van der Waals surface area contributed by atoms with Crippen molar-refractivity contribution in [1.29, 1.82) is 0 Å². The molecular weight excluding hydrogens is 473 g/mol. The fourth-order valence-corrected chi connectivity index (χ4v) is 6.33. The lowest BCUT2D eigenvalue weighted by molar-refractivity contribution is -0.137. The number of carbonyl (C=O) groups excluding carboxylic acids is 2. The SMILES string of the molecule is COC(=O)N(CC1CC2C=CC1C2)[C@@H]1C[C@H](C2CC2)N(C(=O)OC(C)C)c2ccc(C(F)(F)F)cc21. The fourth-order valence-electron chi connectivity index (χ4n) is 6.33. The van der Waals surface area contributed by atoms with Gasteiger partial charge in [-0.2, -0.15) is 13.2 Å². The van der Waals surface area contributed by atoms with Gasteiger partial charge in [0.15, 0.2) is 0 Å². The van der Waals surface area contributed by atoms with Crippen LogP contribution in [0, 0.1) is 23.7 Å². The number of hydrogen-bond donors (Lipinski definition) is 0. The third-order valence-electron chi connectivity index (χ3n) is 8.10. The third-order valence-corrected chi connectivity index (χ3v) is 8.10. The van der Waals surface area contributed by atoms with E-state index in [1.807, 2.05) is 0 Å². The number of fused-ring (bicyclic) bond motifs is 3. The van der Waals surface area contributed by atoms with Crippen LogP contribution < -0.4 is 4.90 Å². The zero-order valence-electron chi connectivity index (χ0n) is 20.8. The average Bonchev–Trinajstić information content (AvgIpc) is 3.46. The normalized spacial score (nSPS) is 28.9. The van der Waals surface area contributed by atoms with Crippen molar-refractivity contribution in [3.05, 3.63) is 41.5 Å². The fraction of sp³-hybridized carbons (Fsp3) is 0.630. The molecule has 0 N–H and O–H groups in total. The summed E-state index contributed by atoms with van der Waals surface area (Å²) in [5.41, 5.74) is -0.115. The van der Waals surface area contributed by atoms with Crippen molar-refractivity contribution in [2.24, 2.45) is 23.7 Å². The van der Waals surface area contributed by atoms with Gasteiger partial charge in [0.05, 0.1) is 30.5 Å². The standard InChI is InChI=1S/C27H33F3N2O4/c1-15(2)36-26(34)32-22-9-8-20(27(28,29)30)12-21(22)24(13-23(32)17-6-7-17)31(25(33)35-3)14-19-11-16-4-5-18(19)10-16/h4-5,8-9,12,15-19,23-24H,6-7,10-11,13-14H2,1-3H3/t16?,18?,19?,23-,24-/m1/s1. The molecule has 4 aliphatic rings. The monoisotopic (exact) mass is 506 g/mol. The summed E-state index contributed by atoms with van der Waals surface area (Å²) < 4.78 is 52.0. The van der Waals surface area contributed by atoms with E-state index in [9.17, 15) is 22.8 Å². The zero-order chi connectivity index (χ0) is 25.8. The summed E-state index contributed by atoms with van der Waals surface area (Å²) in [7, 11) is 1.30. The second-order valence-electron chi connectivity index (χ2n) is 10.9. The Bertz CT molecular complexity index is 1050.